The molecule has 0 aliphatic heterocycles. The number of rotatable bonds is 4. The molecule has 0 aromatic heterocycles. The number of nitrogens with one attached hydrogen (secondary N) is 1. The summed E-state index contributed by atoms with van der Waals surface area (Å²) in [5, 5.41) is 21.3. The van der Waals surface area contributed by atoms with Crippen molar-refractivity contribution in [1.82, 2.24) is 10.2 Å². The second-order valence-corrected chi connectivity index (χ2v) is 5.02. The molecule has 18 heavy (non-hydrogen) atoms. The van der Waals surface area contributed by atoms with Crippen molar-refractivity contribution in [2.75, 3.05) is 6.54 Å². The molecule has 3 N–H and O–H groups in total. The number of carboxylic acid groups (broad SMARTS) is 1. The Morgan fingerprint density at radius 3 is 2.44 bits per heavy atom. The summed E-state index contributed by atoms with van der Waals surface area (Å²) in [4.78, 5) is 23.9. The fraction of sp³-hybridized carbons (Fsp3) is 0.833. The highest BCUT2D eigenvalue weighted by Gasteiger charge is 2.27. The van der Waals surface area contributed by atoms with Gasteiger partial charge in [-0.15, -0.1) is 0 Å². The smallest absolute Gasteiger partial charge is 0.323 e. The molecule has 104 valence electrons. The molecule has 0 spiro atoms. The Balaban J connectivity index is 2.57. The van der Waals surface area contributed by atoms with Crippen LogP contribution in [0.5, 0.6) is 0 Å². The van der Waals surface area contributed by atoms with E-state index in [4.69, 9.17) is 5.11 Å². The molecular weight excluding hydrogens is 236 g/mol. The van der Waals surface area contributed by atoms with Crippen molar-refractivity contribution < 1.29 is 19.8 Å². The first-order valence-corrected chi connectivity index (χ1v) is 6.38. The summed E-state index contributed by atoms with van der Waals surface area (Å²) in [5.41, 5.74) is 0. The Labute approximate surface area is 107 Å². The Hall–Kier alpha value is -1.30. The Kier molecular flexibility index (Phi) is 5.40. The highest BCUT2D eigenvalue weighted by Crippen LogP contribution is 2.18. The van der Waals surface area contributed by atoms with E-state index in [1.165, 1.54) is 4.90 Å². The summed E-state index contributed by atoms with van der Waals surface area (Å²) in [6.45, 7) is 3.20. The summed E-state index contributed by atoms with van der Waals surface area (Å²) >= 11 is 0. The van der Waals surface area contributed by atoms with Crippen LogP contribution < -0.4 is 5.32 Å². The van der Waals surface area contributed by atoms with E-state index >= 15 is 0 Å². The average molecular weight is 258 g/mol. The van der Waals surface area contributed by atoms with Crippen LogP contribution in [0.3, 0.4) is 0 Å². The van der Waals surface area contributed by atoms with E-state index in [1.54, 1.807) is 13.8 Å². The maximum Gasteiger partial charge on any atom is 0.323 e. The molecule has 6 heteroatoms. The standard InChI is InChI=1S/C12H22N2O4/c1-8(2)14(7-11(16)17)12(18)13-9-5-3-4-6-10(9)15/h8-10,15H,3-7H2,1-2H3,(H,13,18)(H,16,17). The largest absolute Gasteiger partial charge is 0.480 e. The lowest BCUT2D eigenvalue weighted by atomic mass is 9.93. The van der Waals surface area contributed by atoms with Gasteiger partial charge in [0.15, 0.2) is 0 Å². The summed E-state index contributed by atoms with van der Waals surface area (Å²) < 4.78 is 0. The fourth-order valence-electron chi connectivity index (χ4n) is 2.16. The van der Waals surface area contributed by atoms with Crippen LogP contribution in [-0.4, -0.2) is 51.8 Å². The number of aliphatic hydroxyl groups is 1. The van der Waals surface area contributed by atoms with Crippen molar-refractivity contribution in [2.45, 2.75) is 57.7 Å². The van der Waals surface area contributed by atoms with Crippen molar-refractivity contribution in [3.8, 4) is 0 Å². The molecule has 1 fully saturated rings. The fourth-order valence-corrected chi connectivity index (χ4v) is 2.16. The molecule has 0 aromatic rings. The minimum absolute atomic E-state index is 0.193. The zero-order valence-electron chi connectivity index (χ0n) is 10.9. The topological polar surface area (TPSA) is 89.9 Å². The minimum Gasteiger partial charge on any atom is -0.480 e. The van der Waals surface area contributed by atoms with E-state index in [0.717, 1.165) is 19.3 Å². The first-order valence-electron chi connectivity index (χ1n) is 6.38. The molecule has 0 bridgehead atoms. The molecule has 1 aliphatic carbocycles. The third-order valence-corrected chi connectivity index (χ3v) is 3.23. The zero-order chi connectivity index (χ0) is 13.7. The van der Waals surface area contributed by atoms with E-state index in [0.29, 0.717) is 6.42 Å². The summed E-state index contributed by atoms with van der Waals surface area (Å²) in [6, 6.07) is -0.874. The van der Waals surface area contributed by atoms with Crippen molar-refractivity contribution >= 4 is 12.0 Å². The van der Waals surface area contributed by atoms with Crippen LogP contribution in [0.2, 0.25) is 0 Å². The third-order valence-electron chi connectivity index (χ3n) is 3.23. The number of urea groups is 1. The van der Waals surface area contributed by atoms with E-state index < -0.39 is 18.1 Å². The summed E-state index contributed by atoms with van der Waals surface area (Å²) in [6.07, 6.45) is 2.85. The number of carbonyl (C=O) groups is 2. The van der Waals surface area contributed by atoms with Gasteiger partial charge in [-0.3, -0.25) is 4.79 Å². The molecule has 0 radical (unpaired) electrons. The lowest BCUT2D eigenvalue weighted by Gasteiger charge is -2.32. The molecule has 2 unspecified atom stereocenters. The maximum absolute atomic E-state index is 12.0. The van der Waals surface area contributed by atoms with Crippen LogP contribution in [0, 0.1) is 0 Å². The normalized spacial score (nSPS) is 23.8. The van der Waals surface area contributed by atoms with Gasteiger partial charge in [0, 0.05) is 6.04 Å². The minimum atomic E-state index is -1.04. The van der Waals surface area contributed by atoms with Crippen molar-refractivity contribution in [2.24, 2.45) is 0 Å². The first-order chi connectivity index (χ1) is 8.41. The number of carbonyl (C=O) groups excluding carboxylic acids is 1. The van der Waals surface area contributed by atoms with E-state index in [9.17, 15) is 14.7 Å². The summed E-state index contributed by atoms with van der Waals surface area (Å²) in [7, 11) is 0. The maximum atomic E-state index is 12.0. The number of carboxylic acids is 1. The van der Waals surface area contributed by atoms with Gasteiger partial charge in [0.25, 0.3) is 0 Å². The number of amides is 2. The van der Waals surface area contributed by atoms with E-state index in [-0.39, 0.29) is 18.6 Å². The molecule has 0 saturated heterocycles. The molecule has 0 aromatic carbocycles. The second kappa shape index (κ2) is 6.58. The average Bonchev–Trinajstić information content (AvgIpc) is 2.28. The predicted molar refractivity (Wildman–Crippen MR) is 66.3 cm³/mol. The van der Waals surface area contributed by atoms with Crippen LogP contribution in [0.15, 0.2) is 0 Å². The van der Waals surface area contributed by atoms with Crippen molar-refractivity contribution in [3.05, 3.63) is 0 Å². The number of hydrogen-bond acceptors (Lipinski definition) is 3. The number of aliphatic hydroxyl groups excluding tert-OH is 1. The molecule has 1 saturated carbocycles. The SMILES string of the molecule is CC(C)N(CC(=O)O)C(=O)NC1CCCCC1O. The molecule has 1 aliphatic rings. The van der Waals surface area contributed by atoms with Gasteiger partial charge in [-0.25, -0.2) is 4.79 Å². The number of hydrogen-bond donors (Lipinski definition) is 3. The lowest BCUT2D eigenvalue weighted by Crippen LogP contribution is -2.53. The predicted octanol–water partition coefficient (Wildman–Crippen LogP) is 0.794. The Bertz CT molecular complexity index is 306. The van der Waals surface area contributed by atoms with Gasteiger partial charge in [-0.2, -0.15) is 0 Å². The van der Waals surface area contributed by atoms with Gasteiger partial charge in [-0.1, -0.05) is 12.8 Å². The van der Waals surface area contributed by atoms with Gasteiger partial charge < -0.3 is 20.4 Å². The highest BCUT2D eigenvalue weighted by atomic mass is 16.4. The molecule has 1 rings (SSSR count). The highest BCUT2D eigenvalue weighted by molar-refractivity contribution is 5.80. The molecule has 6 nitrogen and oxygen atoms in total. The quantitative estimate of drug-likeness (QED) is 0.695. The Morgan fingerprint density at radius 1 is 1.33 bits per heavy atom. The second-order valence-electron chi connectivity index (χ2n) is 5.02. The van der Waals surface area contributed by atoms with E-state index in [1.807, 2.05) is 0 Å². The van der Waals surface area contributed by atoms with Crippen molar-refractivity contribution in [3.63, 3.8) is 0 Å². The van der Waals surface area contributed by atoms with Crippen LogP contribution >= 0.6 is 0 Å². The van der Waals surface area contributed by atoms with Gasteiger partial charge >= 0.3 is 12.0 Å². The molecule has 2 atom stereocenters. The lowest BCUT2D eigenvalue weighted by molar-refractivity contribution is -0.138. The third kappa shape index (κ3) is 4.18. The number of aliphatic carboxylic acids is 1. The van der Waals surface area contributed by atoms with E-state index in [2.05, 4.69) is 5.32 Å². The van der Waals surface area contributed by atoms with Gasteiger partial charge in [-0.05, 0) is 26.7 Å². The van der Waals surface area contributed by atoms with Gasteiger partial charge in [0.1, 0.15) is 6.54 Å². The van der Waals surface area contributed by atoms with Crippen LogP contribution in [0.1, 0.15) is 39.5 Å². The van der Waals surface area contributed by atoms with Crippen molar-refractivity contribution in [1.29, 1.82) is 0 Å². The Morgan fingerprint density at radius 2 is 1.94 bits per heavy atom. The summed E-state index contributed by atoms with van der Waals surface area (Å²) in [5.74, 6) is -1.04. The van der Waals surface area contributed by atoms with Crippen LogP contribution in [-0.2, 0) is 4.79 Å². The molecule has 0 heterocycles. The van der Waals surface area contributed by atoms with Gasteiger partial charge in [0.2, 0.25) is 0 Å². The van der Waals surface area contributed by atoms with Crippen LogP contribution in [0.4, 0.5) is 4.79 Å². The zero-order valence-corrected chi connectivity index (χ0v) is 10.9. The first kappa shape index (κ1) is 14.8. The van der Waals surface area contributed by atoms with Crippen LogP contribution in [0.25, 0.3) is 0 Å². The molecular formula is C12H22N2O4. The molecule has 2 amide bonds. The number of nitrogens with zero attached hydrogens (tertiary/aromatic N) is 1. The monoisotopic (exact) mass is 258 g/mol. The van der Waals surface area contributed by atoms with Gasteiger partial charge in [0.05, 0.1) is 12.1 Å².